The Morgan fingerprint density at radius 3 is 2.09 bits per heavy atom. The molecule has 4 aliphatic rings. The molecule has 2 saturated carbocycles. The van der Waals surface area contributed by atoms with E-state index in [4.69, 9.17) is 4.74 Å². The quantitative estimate of drug-likeness (QED) is 0.663. The zero-order chi connectivity index (χ0) is 24.2. The van der Waals surface area contributed by atoms with E-state index in [9.17, 15) is 19.5 Å². The van der Waals surface area contributed by atoms with Crippen molar-refractivity contribution in [3.05, 3.63) is 59.7 Å². The van der Waals surface area contributed by atoms with Crippen LogP contribution < -0.4 is 5.32 Å². The lowest BCUT2D eigenvalue weighted by atomic mass is 9.84. The standard InChI is InChI=1S/C28H30N2O5/c31-25(32)24-21-13-30(14-22(21)24)26(33)28(11-5-6-12-28)16-29-27(34)35-15-23-19-9-3-1-7-17(19)18-8-2-4-10-20(18)23/h1-4,7-10,21-24H,5-6,11-16H2,(H,29,34)(H,31,32)/t21-,22+,24?. The lowest BCUT2D eigenvalue weighted by Gasteiger charge is -2.33. The van der Waals surface area contributed by atoms with E-state index in [0.717, 1.165) is 36.8 Å². The van der Waals surface area contributed by atoms with Crippen molar-refractivity contribution in [3.63, 3.8) is 0 Å². The van der Waals surface area contributed by atoms with Crippen molar-refractivity contribution in [1.82, 2.24) is 10.2 Å². The topological polar surface area (TPSA) is 95.9 Å². The van der Waals surface area contributed by atoms with Crippen molar-refractivity contribution in [1.29, 1.82) is 0 Å². The maximum atomic E-state index is 13.5. The second-order valence-corrected chi connectivity index (χ2v) is 10.6. The van der Waals surface area contributed by atoms with Gasteiger partial charge in [-0.05, 0) is 46.9 Å². The predicted molar refractivity (Wildman–Crippen MR) is 129 cm³/mol. The fourth-order valence-corrected chi connectivity index (χ4v) is 6.80. The Labute approximate surface area is 204 Å². The molecule has 6 rings (SSSR count). The van der Waals surface area contributed by atoms with Gasteiger partial charge < -0.3 is 20.1 Å². The van der Waals surface area contributed by atoms with Crippen LogP contribution >= 0.6 is 0 Å². The largest absolute Gasteiger partial charge is 0.481 e. The molecular formula is C28H30N2O5. The molecule has 3 fully saturated rings. The molecule has 3 atom stereocenters. The number of rotatable bonds is 6. The summed E-state index contributed by atoms with van der Waals surface area (Å²) in [6.07, 6.45) is 2.89. The first kappa shape index (κ1) is 22.1. The number of carboxylic acids is 1. The van der Waals surface area contributed by atoms with E-state index in [2.05, 4.69) is 29.6 Å². The van der Waals surface area contributed by atoms with Crippen LogP contribution in [0.2, 0.25) is 0 Å². The minimum atomic E-state index is -0.750. The van der Waals surface area contributed by atoms with E-state index in [1.165, 1.54) is 11.1 Å². The van der Waals surface area contributed by atoms with E-state index >= 15 is 0 Å². The van der Waals surface area contributed by atoms with Gasteiger partial charge in [0.15, 0.2) is 0 Å². The van der Waals surface area contributed by atoms with Crippen molar-refractivity contribution >= 4 is 18.0 Å². The number of alkyl carbamates (subject to hydrolysis) is 1. The summed E-state index contributed by atoms with van der Waals surface area (Å²) in [5, 5.41) is 12.2. The van der Waals surface area contributed by atoms with Crippen LogP contribution in [0.25, 0.3) is 11.1 Å². The average molecular weight is 475 g/mol. The minimum Gasteiger partial charge on any atom is -0.481 e. The number of carboxylic acid groups (broad SMARTS) is 1. The van der Waals surface area contributed by atoms with Gasteiger partial charge in [0.1, 0.15) is 6.61 Å². The van der Waals surface area contributed by atoms with E-state index < -0.39 is 17.5 Å². The summed E-state index contributed by atoms with van der Waals surface area (Å²) < 4.78 is 5.67. The lowest BCUT2D eigenvalue weighted by molar-refractivity contribution is -0.144. The van der Waals surface area contributed by atoms with Crippen LogP contribution in [0.15, 0.2) is 48.5 Å². The van der Waals surface area contributed by atoms with Crippen LogP contribution in [-0.4, -0.2) is 54.2 Å². The highest BCUT2D eigenvalue weighted by Gasteiger charge is 2.61. The summed E-state index contributed by atoms with van der Waals surface area (Å²) in [7, 11) is 0. The Hall–Kier alpha value is -3.35. The number of ether oxygens (including phenoxy) is 1. The predicted octanol–water partition coefficient (Wildman–Crippen LogP) is 3.87. The van der Waals surface area contributed by atoms with Gasteiger partial charge in [0.2, 0.25) is 5.91 Å². The maximum Gasteiger partial charge on any atom is 0.407 e. The summed E-state index contributed by atoms with van der Waals surface area (Å²) in [6, 6.07) is 16.4. The number of fused-ring (bicyclic) bond motifs is 4. The summed E-state index contributed by atoms with van der Waals surface area (Å²) in [5.41, 5.74) is 4.08. The van der Waals surface area contributed by atoms with Gasteiger partial charge in [-0.25, -0.2) is 4.79 Å². The van der Waals surface area contributed by atoms with Crippen LogP contribution in [0.1, 0.15) is 42.7 Å². The van der Waals surface area contributed by atoms with Crippen molar-refractivity contribution in [2.75, 3.05) is 26.2 Å². The maximum absolute atomic E-state index is 13.5. The van der Waals surface area contributed by atoms with Gasteiger partial charge in [-0.3, -0.25) is 9.59 Å². The number of amides is 2. The molecule has 7 heteroatoms. The molecule has 0 radical (unpaired) electrons. The normalized spacial score (nSPS) is 25.5. The van der Waals surface area contributed by atoms with Gasteiger partial charge in [-0.15, -0.1) is 0 Å². The van der Waals surface area contributed by atoms with Gasteiger partial charge in [0.05, 0.1) is 11.3 Å². The Morgan fingerprint density at radius 2 is 1.51 bits per heavy atom. The molecule has 182 valence electrons. The molecule has 1 aliphatic heterocycles. The van der Waals surface area contributed by atoms with E-state index in [1.54, 1.807) is 0 Å². The first-order chi connectivity index (χ1) is 17.0. The summed E-state index contributed by atoms with van der Waals surface area (Å²) >= 11 is 0. The molecule has 2 aromatic carbocycles. The summed E-state index contributed by atoms with van der Waals surface area (Å²) in [5.74, 6) is -0.814. The lowest BCUT2D eigenvalue weighted by Crippen LogP contribution is -2.49. The molecule has 0 aromatic heterocycles. The zero-order valence-corrected chi connectivity index (χ0v) is 19.6. The molecule has 1 saturated heterocycles. The SMILES string of the molecule is O=C(NCC1(C(=O)N2C[C@@H]3C(C(=O)O)[C@@H]3C2)CCCC1)OCC1c2ccccc2-c2ccccc21. The molecule has 3 aliphatic carbocycles. The molecule has 2 N–H and O–H groups in total. The number of nitrogens with one attached hydrogen (secondary N) is 1. The van der Waals surface area contributed by atoms with Crippen molar-refractivity contribution in [2.24, 2.45) is 23.2 Å². The molecule has 1 unspecified atom stereocenters. The fraction of sp³-hybridized carbons (Fsp3) is 0.464. The second-order valence-electron chi connectivity index (χ2n) is 10.6. The number of carbonyl (C=O) groups is 3. The first-order valence-electron chi connectivity index (χ1n) is 12.6. The van der Waals surface area contributed by atoms with Crippen molar-refractivity contribution in [3.8, 4) is 11.1 Å². The highest BCUT2D eigenvalue weighted by Crippen LogP contribution is 2.53. The number of piperidine rings is 1. The molecule has 2 amide bonds. The Bertz CT molecular complexity index is 1130. The fourth-order valence-electron chi connectivity index (χ4n) is 6.80. The molecule has 7 nitrogen and oxygen atoms in total. The number of nitrogens with zero attached hydrogens (tertiary/aromatic N) is 1. The molecule has 2 aromatic rings. The number of benzene rings is 2. The van der Waals surface area contributed by atoms with E-state index in [1.807, 2.05) is 29.2 Å². The van der Waals surface area contributed by atoms with Gasteiger partial charge in [-0.1, -0.05) is 61.4 Å². The third kappa shape index (κ3) is 3.68. The van der Waals surface area contributed by atoms with Crippen molar-refractivity contribution < 1.29 is 24.2 Å². The van der Waals surface area contributed by atoms with Crippen LogP contribution in [0.3, 0.4) is 0 Å². The third-order valence-corrected chi connectivity index (χ3v) is 8.70. The van der Waals surface area contributed by atoms with Gasteiger partial charge in [0.25, 0.3) is 0 Å². The van der Waals surface area contributed by atoms with Gasteiger partial charge >= 0.3 is 12.1 Å². The Balaban J connectivity index is 1.07. The summed E-state index contributed by atoms with van der Waals surface area (Å²) in [6.45, 7) is 1.55. The number of likely N-dealkylation sites (tertiary alicyclic amines) is 1. The smallest absolute Gasteiger partial charge is 0.407 e. The van der Waals surface area contributed by atoms with E-state index in [0.29, 0.717) is 13.1 Å². The molecule has 0 spiro atoms. The zero-order valence-electron chi connectivity index (χ0n) is 19.6. The van der Waals surface area contributed by atoms with Crippen LogP contribution in [0.4, 0.5) is 4.79 Å². The third-order valence-electron chi connectivity index (χ3n) is 8.70. The number of hydrogen-bond acceptors (Lipinski definition) is 4. The van der Waals surface area contributed by atoms with Crippen LogP contribution in [-0.2, 0) is 14.3 Å². The molecular weight excluding hydrogens is 444 g/mol. The number of aliphatic carboxylic acids is 1. The van der Waals surface area contributed by atoms with E-state index in [-0.39, 0.29) is 42.7 Å². The number of hydrogen-bond donors (Lipinski definition) is 2. The first-order valence-corrected chi connectivity index (χ1v) is 12.6. The average Bonchev–Trinajstić information content (AvgIpc) is 3.24. The Morgan fingerprint density at radius 1 is 0.943 bits per heavy atom. The van der Waals surface area contributed by atoms with Gasteiger partial charge in [-0.2, -0.15) is 0 Å². The molecule has 0 bridgehead atoms. The second kappa shape index (κ2) is 8.40. The van der Waals surface area contributed by atoms with Crippen molar-refractivity contribution in [2.45, 2.75) is 31.6 Å². The highest BCUT2D eigenvalue weighted by molar-refractivity contribution is 5.85. The van der Waals surface area contributed by atoms with Crippen LogP contribution in [0, 0.1) is 23.2 Å². The highest BCUT2D eigenvalue weighted by atomic mass is 16.5. The molecule has 1 heterocycles. The van der Waals surface area contributed by atoms with Gasteiger partial charge in [0, 0.05) is 25.6 Å². The minimum absolute atomic E-state index is 0.00581. The number of carbonyl (C=O) groups excluding carboxylic acids is 2. The summed E-state index contributed by atoms with van der Waals surface area (Å²) in [4.78, 5) is 39.3. The monoisotopic (exact) mass is 474 g/mol. The molecule has 35 heavy (non-hydrogen) atoms. The Kier molecular flexibility index (Phi) is 5.31. The van der Waals surface area contributed by atoms with Crippen LogP contribution in [0.5, 0.6) is 0 Å².